The summed E-state index contributed by atoms with van der Waals surface area (Å²) >= 11 is 0. The summed E-state index contributed by atoms with van der Waals surface area (Å²) in [6.45, 7) is 7.54. The lowest BCUT2D eigenvalue weighted by Crippen LogP contribution is -1.93. The van der Waals surface area contributed by atoms with Crippen LogP contribution in [-0.4, -0.2) is 24.4 Å². The second-order valence-corrected chi connectivity index (χ2v) is 5.33. The van der Waals surface area contributed by atoms with E-state index in [1.807, 2.05) is 44.2 Å². The summed E-state index contributed by atoms with van der Waals surface area (Å²) in [6, 6.07) is 8.76. The number of phenols is 2. The van der Waals surface area contributed by atoms with Crippen LogP contribution >= 0.6 is 0 Å². The minimum atomic E-state index is 0.172. The minimum absolute atomic E-state index is 0.172. The number of hydrogen-bond acceptors (Lipinski definition) is 4. The molecule has 0 atom stereocenters. The molecule has 2 aromatic carbocycles. The number of methoxy groups -OCH3 is 2. The van der Waals surface area contributed by atoms with E-state index >= 15 is 0 Å². The van der Waals surface area contributed by atoms with Gasteiger partial charge in [0.25, 0.3) is 0 Å². The summed E-state index contributed by atoms with van der Waals surface area (Å²) in [5.41, 5.74) is 3.12. The van der Waals surface area contributed by atoms with Crippen molar-refractivity contribution in [3.63, 3.8) is 0 Å². The Bertz CT molecular complexity index is 733. The van der Waals surface area contributed by atoms with Crippen molar-refractivity contribution in [1.82, 2.24) is 0 Å². The fraction of sp³-hybridized carbons (Fsp3) is 0.238. The number of aromatic hydroxyl groups is 2. The highest BCUT2D eigenvalue weighted by atomic mass is 16.5. The summed E-state index contributed by atoms with van der Waals surface area (Å²) < 4.78 is 10.0. The van der Waals surface area contributed by atoms with E-state index in [0.717, 1.165) is 23.1 Å². The Labute approximate surface area is 149 Å². The number of ether oxygens (including phenoxy) is 2. The van der Waals surface area contributed by atoms with E-state index in [9.17, 15) is 10.2 Å². The van der Waals surface area contributed by atoms with E-state index < -0.39 is 0 Å². The maximum Gasteiger partial charge on any atom is 0.163 e. The smallest absolute Gasteiger partial charge is 0.163 e. The molecule has 0 aliphatic carbocycles. The van der Waals surface area contributed by atoms with Crippen molar-refractivity contribution in [2.45, 2.75) is 20.3 Å². The number of allylic oxidation sites excluding steroid dienone is 2. The van der Waals surface area contributed by atoms with E-state index in [1.165, 1.54) is 7.11 Å². The Balaban J connectivity index is 0.000000251. The molecule has 2 aromatic rings. The minimum Gasteiger partial charge on any atom is -0.504 e. The Kier molecular flexibility index (Phi) is 8.13. The van der Waals surface area contributed by atoms with Crippen molar-refractivity contribution >= 4 is 6.08 Å². The van der Waals surface area contributed by atoms with E-state index in [-0.39, 0.29) is 11.5 Å². The van der Waals surface area contributed by atoms with Crippen molar-refractivity contribution in [3.05, 3.63) is 65.8 Å². The van der Waals surface area contributed by atoms with Gasteiger partial charge in [-0.25, -0.2) is 0 Å². The molecule has 25 heavy (non-hydrogen) atoms. The SMILES string of the molecule is C=CCc1ccc(O)c(OC)c1C.CC=Cc1ccc(O)c(OC)c1. The zero-order valence-corrected chi connectivity index (χ0v) is 15.2. The van der Waals surface area contributed by atoms with Crippen LogP contribution in [0.5, 0.6) is 23.0 Å². The van der Waals surface area contributed by atoms with E-state index in [0.29, 0.717) is 11.5 Å². The van der Waals surface area contributed by atoms with E-state index in [2.05, 4.69) is 6.58 Å². The van der Waals surface area contributed by atoms with Gasteiger partial charge in [0.2, 0.25) is 0 Å². The third-order valence-corrected chi connectivity index (χ3v) is 3.63. The molecule has 2 rings (SSSR count). The van der Waals surface area contributed by atoms with Crippen LogP contribution in [0.1, 0.15) is 23.6 Å². The highest BCUT2D eigenvalue weighted by molar-refractivity contribution is 5.55. The quantitative estimate of drug-likeness (QED) is 0.761. The van der Waals surface area contributed by atoms with Gasteiger partial charge in [0.1, 0.15) is 0 Å². The average molecular weight is 342 g/mol. The molecule has 0 aliphatic rings. The fourth-order valence-corrected chi connectivity index (χ4v) is 2.34. The molecule has 0 saturated heterocycles. The van der Waals surface area contributed by atoms with Gasteiger partial charge in [-0.15, -0.1) is 6.58 Å². The molecule has 0 heterocycles. The lowest BCUT2D eigenvalue weighted by molar-refractivity contribution is 0.370. The first-order chi connectivity index (χ1) is 12.0. The highest BCUT2D eigenvalue weighted by Crippen LogP contribution is 2.31. The van der Waals surface area contributed by atoms with Gasteiger partial charge >= 0.3 is 0 Å². The van der Waals surface area contributed by atoms with Crippen LogP contribution in [0.2, 0.25) is 0 Å². The van der Waals surface area contributed by atoms with Gasteiger partial charge in [-0.05, 0) is 55.2 Å². The molecule has 0 aliphatic heterocycles. The summed E-state index contributed by atoms with van der Waals surface area (Å²) in [4.78, 5) is 0. The van der Waals surface area contributed by atoms with Crippen molar-refractivity contribution in [2.75, 3.05) is 14.2 Å². The van der Waals surface area contributed by atoms with Gasteiger partial charge in [0.15, 0.2) is 23.0 Å². The molecule has 0 saturated carbocycles. The zero-order valence-electron chi connectivity index (χ0n) is 15.2. The first-order valence-corrected chi connectivity index (χ1v) is 7.94. The molecule has 4 nitrogen and oxygen atoms in total. The van der Waals surface area contributed by atoms with Crippen LogP contribution in [0.4, 0.5) is 0 Å². The Morgan fingerprint density at radius 2 is 1.72 bits per heavy atom. The monoisotopic (exact) mass is 342 g/mol. The molecular formula is C21H26O4. The van der Waals surface area contributed by atoms with Gasteiger partial charge in [0.05, 0.1) is 14.2 Å². The molecule has 0 radical (unpaired) electrons. The van der Waals surface area contributed by atoms with Crippen LogP contribution in [0.25, 0.3) is 6.08 Å². The standard InChI is InChI=1S/C11H14O2.C10H12O2/c1-4-5-9-6-7-10(12)11(13-3)8(9)2;1-3-4-8-5-6-9(11)10(7-8)12-2/h4,6-7,12H,1,5H2,2-3H3;3-7,11H,1-2H3. The summed E-state index contributed by atoms with van der Waals surface area (Å²) in [5, 5.41) is 18.7. The molecule has 0 aromatic heterocycles. The van der Waals surface area contributed by atoms with Gasteiger partial charge in [-0.1, -0.05) is 30.4 Å². The topological polar surface area (TPSA) is 58.9 Å². The lowest BCUT2D eigenvalue weighted by Gasteiger charge is -2.10. The molecule has 0 bridgehead atoms. The number of benzene rings is 2. The van der Waals surface area contributed by atoms with Crippen LogP contribution in [0.15, 0.2) is 49.1 Å². The molecule has 134 valence electrons. The Hall–Kier alpha value is -2.88. The summed E-state index contributed by atoms with van der Waals surface area (Å²) in [7, 11) is 3.09. The molecule has 2 N–H and O–H groups in total. The summed E-state index contributed by atoms with van der Waals surface area (Å²) in [5.74, 6) is 1.42. The zero-order chi connectivity index (χ0) is 18.8. The molecule has 0 fully saturated rings. The first kappa shape index (κ1) is 20.2. The maximum absolute atomic E-state index is 9.43. The van der Waals surface area contributed by atoms with Crippen molar-refractivity contribution in [3.8, 4) is 23.0 Å². The van der Waals surface area contributed by atoms with Gasteiger partial charge < -0.3 is 19.7 Å². The lowest BCUT2D eigenvalue weighted by atomic mass is 10.0. The maximum atomic E-state index is 9.43. The average Bonchev–Trinajstić information content (AvgIpc) is 2.60. The second-order valence-electron chi connectivity index (χ2n) is 5.33. The van der Waals surface area contributed by atoms with Crippen LogP contribution in [0, 0.1) is 6.92 Å². The van der Waals surface area contributed by atoms with Crippen molar-refractivity contribution < 1.29 is 19.7 Å². The molecule has 0 unspecified atom stereocenters. The summed E-state index contributed by atoms with van der Waals surface area (Å²) in [6.07, 6.45) is 6.51. The van der Waals surface area contributed by atoms with Crippen LogP contribution in [-0.2, 0) is 6.42 Å². The number of phenolic OH excluding ortho intramolecular Hbond substituents is 2. The van der Waals surface area contributed by atoms with E-state index in [1.54, 1.807) is 25.3 Å². The largest absolute Gasteiger partial charge is 0.504 e. The van der Waals surface area contributed by atoms with Crippen LogP contribution < -0.4 is 9.47 Å². The highest BCUT2D eigenvalue weighted by Gasteiger charge is 2.08. The predicted octanol–water partition coefficient (Wildman–Crippen LogP) is 4.87. The molecule has 0 amide bonds. The first-order valence-electron chi connectivity index (χ1n) is 7.94. The predicted molar refractivity (Wildman–Crippen MR) is 103 cm³/mol. The van der Waals surface area contributed by atoms with E-state index in [4.69, 9.17) is 9.47 Å². The molecular weight excluding hydrogens is 316 g/mol. The third-order valence-electron chi connectivity index (χ3n) is 3.63. The van der Waals surface area contributed by atoms with Gasteiger partial charge in [-0.3, -0.25) is 0 Å². The normalized spacial score (nSPS) is 10.1. The number of rotatable bonds is 5. The second kappa shape index (κ2) is 10.1. The Morgan fingerprint density at radius 3 is 2.28 bits per heavy atom. The number of hydrogen-bond donors (Lipinski definition) is 2. The van der Waals surface area contributed by atoms with Crippen molar-refractivity contribution in [1.29, 1.82) is 0 Å². The Morgan fingerprint density at radius 1 is 1.04 bits per heavy atom. The van der Waals surface area contributed by atoms with Crippen LogP contribution in [0.3, 0.4) is 0 Å². The molecule has 4 heteroatoms. The van der Waals surface area contributed by atoms with Gasteiger partial charge in [-0.2, -0.15) is 0 Å². The fourth-order valence-electron chi connectivity index (χ4n) is 2.34. The van der Waals surface area contributed by atoms with Gasteiger partial charge in [0, 0.05) is 0 Å². The van der Waals surface area contributed by atoms with Crippen molar-refractivity contribution in [2.24, 2.45) is 0 Å². The molecule has 0 spiro atoms. The third kappa shape index (κ3) is 5.60.